The first-order valence-electron chi connectivity index (χ1n) is 5.31. The van der Waals surface area contributed by atoms with Crippen LogP contribution in [-0.2, 0) is 14.3 Å². The molecule has 0 aliphatic heterocycles. The fourth-order valence-electron chi connectivity index (χ4n) is 1.08. The van der Waals surface area contributed by atoms with Gasteiger partial charge in [0.25, 0.3) is 0 Å². The first-order chi connectivity index (χ1) is 7.16. The molecule has 0 aromatic heterocycles. The van der Waals surface area contributed by atoms with E-state index in [1.54, 1.807) is 0 Å². The summed E-state index contributed by atoms with van der Waals surface area (Å²) in [5, 5.41) is 0. The molecule has 4 heteroatoms. The lowest BCUT2D eigenvalue weighted by molar-refractivity contribution is -0.138. The molecule has 2 N–H and O–H groups in total. The Kier molecular flexibility index (Phi) is 8.43. The zero-order valence-electron chi connectivity index (χ0n) is 9.20. The minimum absolute atomic E-state index is 0.408. The summed E-state index contributed by atoms with van der Waals surface area (Å²) in [5.74, 6) is -1.15. The number of carbonyl (C=O) groups is 2. The van der Waals surface area contributed by atoms with Crippen molar-refractivity contribution in [3.63, 3.8) is 0 Å². The second kappa shape index (κ2) is 9.24. The maximum absolute atomic E-state index is 10.9. The molecule has 0 aliphatic rings. The highest BCUT2D eigenvalue weighted by molar-refractivity contribution is 5.93. The Balaban J connectivity index is 3.35. The number of hydrogen-bond donors (Lipinski definition) is 1. The summed E-state index contributed by atoms with van der Waals surface area (Å²) in [4.78, 5) is 21.2. The van der Waals surface area contributed by atoms with Gasteiger partial charge in [-0.25, -0.2) is 4.79 Å². The summed E-state index contributed by atoms with van der Waals surface area (Å²) >= 11 is 0. The minimum atomic E-state index is -0.644. The minimum Gasteiger partial charge on any atom is -0.463 e. The molecule has 0 rings (SSSR count). The van der Waals surface area contributed by atoms with Gasteiger partial charge in [0.05, 0.1) is 6.61 Å². The lowest BCUT2D eigenvalue weighted by Gasteiger charge is -2.01. The van der Waals surface area contributed by atoms with Gasteiger partial charge >= 0.3 is 5.97 Å². The number of carbonyl (C=O) groups excluding carboxylic acids is 2. The Labute approximate surface area is 90.5 Å². The fraction of sp³-hybridized carbons (Fsp3) is 0.636. The average Bonchev–Trinajstić information content (AvgIpc) is 2.20. The van der Waals surface area contributed by atoms with E-state index in [0.717, 1.165) is 25.0 Å². The van der Waals surface area contributed by atoms with Crippen molar-refractivity contribution in [2.24, 2.45) is 5.73 Å². The number of unbranched alkanes of at least 4 members (excludes halogenated alkanes) is 4. The summed E-state index contributed by atoms with van der Waals surface area (Å²) in [6.07, 6.45) is 7.58. The summed E-state index contributed by atoms with van der Waals surface area (Å²) in [7, 11) is 0. The van der Waals surface area contributed by atoms with Crippen molar-refractivity contribution in [3.8, 4) is 0 Å². The number of nitrogens with two attached hydrogens (primary N) is 1. The Hall–Kier alpha value is -1.32. The number of ether oxygens (including phenoxy) is 1. The summed E-state index contributed by atoms with van der Waals surface area (Å²) < 4.78 is 4.84. The van der Waals surface area contributed by atoms with Gasteiger partial charge in [-0.05, 0) is 6.42 Å². The van der Waals surface area contributed by atoms with Gasteiger partial charge in [0.1, 0.15) is 0 Å². The van der Waals surface area contributed by atoms with Crippen LogP contribution in [0.2, 0.25) is 0 Å². The van der Waals surface area contributed by atoms with E-state index in [-0.39, 0.29) is 0 Å². The van der Waals surface area contributed by atoms with E-state index in [1.807, 2.05) is 0 Å². The molecule has 0 aromatic rings. The van der Waals surface area contributed by atoms with Crippen LogP contribution in [0.3, 0.4) is 0 Å². The molecule has 0 aliphatic carbocycles. The van der Waals surface area contributed by atoms with Crippen LogP contribution in [0.1, 0.15) is 39.0 Å². The molecule has 0 unspecified atom stereocenters. The Morgan fingerprint density at radius 2 is 1.80 bits per heavy atom. The van der Waals surface area contributed by atoms with Crippen LogP contribution in [0.5, 0.6) is 0 Å². The lowest BCUT2D eigenvalue weighted by atomic mass is 10.2. The van der Waals surface area contributed by atoms with E-state index in [0.29, 0.717) is 6.61 Å². The maximum atomic E-state index is 10.9. The molecule has 0 atom stereocenters. The molecule has 0 bridgehead atoms. The third-order valence-electron chi connectivity index (χ3n) is 1.88. The number of rotatable bonds is 8. The molecule has 0 radical (unpaired) electrons. The van der Waals surface area contributed by atoms with Gasteiger partial charge < -0.3 is 10.5 Å². The molecular weight excluding hydrogens is 194 g/mol. The molecule has 0 fully saturated rings. The monoisotopic (exact) mass is 213 g/mol. The van der Waals surface area contributed by atoms with E-state index in [9.17, 15) is 9.59 Å². The zero-order valence-corrected chi connectivity index (χ0v) is 9.20. The third-order valence-corrected chi connectivity index (χ3v) is 1.88. The van der Waals surface area contributed by atoms with Crippen molar-refractivity contribution >= 4 is 11.9 Å². The second-order valence-corrected chi connectivity index (χ2v) is 3.32. The molecule has 0 spiro atoms. The van der Waals surface area contributed by atoms with Crippen molar-refractivity contribution in [1.82, 2.24) is 0 Å². The smallest absolute Gasteiger partial charge is 0.330 e. The molecule has 15 heavy (non-hydrogen) atoms. The average molecular weight is 213 g/mol. The molecular formula is C11H19NO3. The largest absolute Gasteiger partial charge is 0.463 e. The van der Waals surface area contributed by atoms with Gasteiger partial charge in [0.15, 0.2) is 0 Å². The first kappa shape index (κ1) is 13.7. The number of hydrogen-bond acceptors (Lipinski definition) is 3. The quantitative estimate of drug-likeness (QED) is 0.378. The van der Waals surface area contributed by atoms with Crippen molar-refractivity contribution in [1.29, 1.82) is 0 Å². The maximum Gasteiger partial charge on any atom is 0.330 e. The zero-order chi connectivity index (χ0) is 11.5. The SMILES string of the molecule is CCCCCCCOC(=O)/C=C\C(N)=O. The van der Waals surface area contributed by atoms with Crippen LogP contribution in [0.25, 0.3) is 0 Å². The molecule has 86 valence electrons. The van der Waals surface area contributed by atoms with E-state index in [2.05, 4.69) is 6.92 Å². The standard InChI is InChI=1S/C11H19NO3/c1-2-3-4-5-6-9-15-11(14)8-7-10(12)13/h7-8H,2-6,9H2,1H3,(H2,12,13)/b8-7-. The highest BCUT2D eigenvalue weighted by Crippen LogP contribution is 2.02. The molecule has 1 amide bonds. The van der Waals surface area contributed by atoms with Crippen molar-refractivity contribution < 1.29 is 14.3 Å². The van der Waals surface area contributed by atoms with Crippen LogP contribution < -0.4 is 5.73 Å². The number of primary amides is 1. The number of amides is 1. The van der Waals surface area contributed by atoms with E-state index < -0.39 is 11.9 Å². The van der Waals surface area contributed by atoms with Gasteiger partial charge in [0.2, 0.25) is 5.91 Å². The normalized spacial score (nSPS) is 10.5. The van der Waals surface area contributed by atoms with E-state index in [4.69, 9.17) is 10.5 Å². The first-order valence-corrected chi connectivity index (χ1v) is 5.31. The van der Waals surface area contributed by atoms with Crippen molar-refractivity contribution in [3.05, 3.63) is 12.2 Å². The Bertz CT molecular complexity index is 224. The van der Waals surface area contributed by atoms with E-state index >= 15 is 0 Å². The summed E-state index contributed by atoms with van der Waals surface area (Å²) in [5.41, 5.74) is 4.82. The predicted molar refractivity (Wildman–Crippen MR) is 58.1 cm³/mol. The van der Waals surface area contributed by atoms with E-state index in [1.165, 1.54) is 19.3 Å². The lowest BCUT2D eigenvalue weighted by Crippen LogP contribution is -2.08. The fourth-order valence-corrected chi connectivity index (χ4v) is 1.08. The van der Waals surface area contributed by atoms with Crippen LogP contribution in [0.15, 0.2) is 12.2 Å². The van der Waals surface area contributed by atoms with Crippen LogP contribution in [0.4, 0.5) is 0 Å². The van der Waals surface area contributed by atoms with Crippen LogP contribution in [-0.4, -0.2) is 18.5 Å². The van der Waals surface area contributed by atoms with Crippen LogP contribution in [0, 0.1) is 0 Å². The molecule has 0 heterocycles. The topological polar surface area (TPSA) is 69.4 Å². The van der Waals surface area contributed by atoms with Crippen molar-refractivity contribution in [2.75, 3.05) is 6.61 Å². The highest BCUT2D eigenvalue weighted by Gasteiger charge is 1.97. The van der Waals surface area contributed by atoms with Gasteiger partial charge in [0, 0.05) is 12.2 Å². The molecule has 0 saturated carbocycles. The Morgan fingerprint density at radius 1 is 1.13 bits per heavy atom. The number of esters is 1. The van der Waals surface area contributed by atoms with Gasteiger partial charge in [-0.3, -0.25) is 4.79 Å². The van der Waals surface area contributed by atoms with Gasteiger partial charge in [-0.1, -0.05) is 32.6 Å². The van der Waals surface area contributed by atoms with Gasteiger partial charge in [-0.15, -0.1) is 0 Å². The van der Waals surface area contributed by atoms with Gasteiger partial charge in [-0.2, -0.15) is 0 Å². The Morgan fingerprint density at radius 3 is 2.40 bits per heavy atom. The third kappa shape index (κ3) is 10.6. The highest BCUT2D eigenvalue weighted by atomic mass is 16.5. The van der Waals surface area contributed by atoms with Crippen LogP contribution >= 0.6 is 0 Å². The molecule has 0 aromatic carbocycles. The summed E-state index contributed by atoms with van der Waals surface area (Å²) in [6, 6.07) is 0. The molecule has 0 saturated heterocycles. The molecule has 4 nitrogen and oxygen atoms in total. The predicted octanol–water partition coefficient (Wildman–Crippen LogP) is 1.54. The van der Waals surface area contributed by atoms with Crippen molar-refractivity contribution in [2.45, 2.75) is 39.0 Å². The summed E-state index contributed by atoms with van der Waals surface area (Å²) in [6.45, 7) is 2.56. The second-order valence-electron chi connectivity index (χ2n) is 3.32.